The van der Waals surface area contributed by atoms with Crippen LogP contribution in [0.15, 0.2) is 23.0 Å². The molecule has 1 saturated heterocycles. The first-order valence-corrected chi connectivity index (χ1v) is 7.31. The summed E-state index contributed by atoms with van der Waals surface area (Å²) in [5.41, 5.74) is 1.04. The number of carboxylic acid groups (broad SMARTS) is 1. The molecule has 1 aromatic rings. The molecule has 0 bridgehead atoms. The van der Waals surface area contributed by atoms with E-state index in [1.165, 1.54) is 4.90 Å². The SMILES string of the molecule is CC(CS)C(=O)N1CC(Cc2ccoc2)C[C@H]1C(=O)O. The second-order valence-corrected chi connectivity index (χ2v) is 5.73. The van der Waals surface area contributed by atoms with Gasteiger partial charge >= 0.3 is 5.97 Å². The van der Waals surface area contributed by atoms with Crippen molar-refractivity contribution in [3.05, 3.63) is 24.2 Å². The first kappa shape index (κ1) is 15.0. The molecule has 6 heteroatoms. The lowest BCUT2D eigenvalue weighted by atomic mass is 9.98. The third-order valence-corrected chi connectivity index (χ3v) is 4.30. The van der Waals surface area contributed by atoms with Crippen LogP contribution < -0.4 is 0 Å². The Morgan fingerprint density at radius 3 is 2.90 bits per heavy atom. The zero-order valence-corrected chi connectivity index (χ0v) is 12.3. The molecule has 1 fully saturated rings. The van der Waals surface area contributed by atoms with Gasteiger partial charge in [0.1, 0.15) is 6.04 Å². The Labute approximate surface area is 123 Å². The number of carboxylic acids is 1. The summed E-state index contributed by atoms with van der Waals surface area (Å²) in [5.74, 6) is -0.729. The minimum Gasteiger partial charge on any atom is -0.480 e. The van der Waals surface area contributed by atoms with E-state index in [-0.39, 0.29) is 17.7 Å². The molecule has 1 aromatic heterocycles. The minimum atomic E-state index is -0.931. The molecule has 0 aliphatic carbocycles. The molecule has 0 radical (unpaired) electrons. The maximum Gasteiger partial charge on any atom is 0.326 e. The number of hydrogen-bond acceptors (Lipinski definition) is 4. The van der Waals surface area contributed by atoms with Crippen LogP contribution >= 0.6 is 12.6 Å². The Hall–Kier alpha value is -1.43. The summed E-state index contributed by atoms with van der Waals surface area (Å²) in [4.78, 5) is 25.1. The normalized spacial score (nSPS) is 23.8. The largest absolute Gasteiger partial charge is 0.480 e. The van der Waals surface area contributed by atoms with Crippen molar-refractivity contribution in [2.24, 2.45) is 11.8 Å². The highest BCUT2D eigenvalue weighted by Crippen LogP contribution is 2.28. The molecule has 1 amide bonds. The zero-order valence-electron chi connectivity index (χ0n) is 11.4. The Morgan fingerprint density at radius 2 is 2.35 bits per heavy atom. The number of nitrogens with zero attached hydrogens (tertiary/aromatic N) is 1. The lowest BCUT2D eigenvalue weighted by Gasteiger charge is -2.24. The lowest BCUT2D eigenvalue weighted by molar-refractivity contribution is -0.149. The van der Waals surface area contributed by atoms with Crippen LogP contribution in [-0.4, -0.2) is 40.2 Å². The van der Waals surface area contributed by atoms with Crippen molar-refractivity contribution in [2.45, 2.75) is 25.8 Å². The number of furan rings is 1. The maximum absolute atomic E-state index is 12.2. The van der Waals surface area contributed by atoms with Crippen LogP contribution in [0.2, 0.25) is 0 Å². The fraction of sp³-hybridized carbons (Fsp3) is 0.571. The molecule has 0 aromatic carbocycles. The number of amides is 1. The van der Waals surface area contributed by atoms with E-state index in [1.54, 1.807) is 19.5 Å². The molecule has 20 heavy (non-hydrogen) atoms. The van der Waals surface area contributed by atoms with Crippen molar-refractivity contribution in [1.29, 1.82) is 0 Å². The summed E-state index contributed by atoms with van der Waals surface area (Å²) in [6.07, 6.45) is 4.49. The van der Waals surface area contributed by atoms with Gasteiger partial charge in [-0.05, 0) is 30.4 Å². The topological polar surface area (TPSA) is 70.8 Å². The third-order valence-electron chi connectivity index (χ3n) is 3.76. The molecule has 5 nitrogen and oxygen atoms in total. The van der Waals surface area contributed by atoms with E-state index in [0.717, 1.165) is 12.0 Å². The summed E-state index contributed by atoms with van der Waals surface area (Å²) in [6.45, 7) is 2.26. The molecular weight excluding hydrogens is 278 g/mol. The summed E-state index contributed by atoms with van der Waals surface area (Å²) >= 11 is 4.12. The lowest BCUT2D eigenvalue weighted by Crippen LogP contribution is -2.43. The monoisotopic (exact) mass is 297 g/mol. The molecule has 0 spiro atoms. The Balaban J connectivity index is 2.07. The van der Waals surface area contributed by atoms with Gasteiger partial charge < -0.3 is 14.4 Å². The molecule has 0 saturated carbocycles. The van der Waals surface area contributed by atoms with Crippen LogP contribution in [0, 0.1) is 11.8 Å². The van der Waals surface area contributed by atoms with Gasteiger partial charge in [-0.2, -0.15) is 12.6 Å². The number of rotatable bonds is 5. The van der Waals surface area contributed by atoms with Crippen LogP contribution in [0.5, 0.6) is 0 Å². The van der Waals surface area contributed by atoms with Gasteiger partial charge in [-0.1, -0.05) is 6.92 Å². The highest BCUT2D eigenvalue weighted by atomic mass is 32.1. The third kappa shape index (κ3) is 3.17. The highest BCUT2D eigenvalue weighted by molar-refractivity contribution is 7.80. The quantitative estimate of drug-likeness (QED) is 0.811. The molecule has 1 N–H and O–H groups in total. The van der Waals surface area contributed by atoms with E-state index in [2.05, 4.69) is 12.6 Å². The average molecular weight is 297 g/mol. The van der Waals surface area contributed by atoms with E-state index < -0.39 is 12.0 Å². The standard InChI is InChI=1S/C14H19NO4S/c1-9(8-20)13(16)15-6-11(5-12(15)14(17)18)4-10-2-3-19-7-10/h2-3,7,9,11-12,20H,4-6,8H2,1H3,(H,17,18)/t9?,11?,12-/m0/s1. The first-order chi connectivity index (χ1) is 9.52. The van der Waals surface area contributed by atoms with E-state index in [1.807, 2.05) is 6.07 Å². The van der Waals surface area contributed by atoms with Crippen LogP contribution in [0.3, 0.4) is 0 Å². The Kier molecular flexibility index (Phi) is 4.75. The van der Waals surface area contributed by atoms with E-state index >= 15 is 0 Å². The molecule has 3 atom stereocenters. The van der Waals surface area contributed by atoms with Crippen molar-refractivity contribution >= 4 is 24.5 Å². The number of thiol groups is 1. The van der Waals surface area contributed by atoms with E-state index in [0.29, 0.717) is 18.7 Å². The smallest absolute Gasteiger partial charge is 0.326 e. The van der Waals surface area contributed by atoms with Gasteiger partial charge in [0.05, 0.1) is 12.5 Å². The van der Waals surface area contributed by atoms with Crippen molar-refractivity contribution < 1.29 is 19.1 Å². The van der Waals surface area contributed by atoms with Gasteiger partial charge in [-0.3, -0.25) is 4.79 Å². The predicted octanol–water partition coefficient (Wildman–Crippen LogP) is 1.69. The minimum absolute atomic E-state index is 0.123. The van der Waals surface area contributed by atoms with E-state index in [4.69, 9.17) is 4.42 Å². The number of carbonyl (C=O) groups excluding carboxylic acids is 1. The number of likely N-dealkylation sites (tertiary alicyclic amines) is 1. The Bertz CT molecular complexity index is 474. The summed E-state index contributed by atoms with van der Waals surface area (Å²) in [5, 5.41) is 9.30. The Morgan fingerprint density at radius 1 is 1.60 bits per heavy atom. The number of aliphatic carboxylic acids is 1. The second-order valence-electron chi connectivity index (χ2n) is 5.37. The van der Waals surface area contributed by atoms with Gasteiger partial charge in [0.25, 0.3) is 0 Å². The molecule has 2 rings (SSSR count). The van der Waals surface area contributed by atoms with Gasteiger partial charge in [-0.25, -0.2) is 4.79 Å². The molecule has 2 heterocycles. The molecule has 1 aliphatic heterocycles. The number of hydrogen-bond donors (Lipinski definition) is 2. The molecule has 110 valence electrons. The van der Waals surface area contributed by atoms with Crippen LogP contribution in [0.1, 0.15) is 18.9 Å². The predicted molar refractivity (Wildman–Crippen MR) is 76.7 cm³/mol. The summed E-state index contributed by atoms with van der Waals surface area (Å²) in [7, 11) is 0. The molecular formula is C14H19NO4S. The van der Waals surface area contributed by atoms with Gasteiger partial charge in [0, 0.05) is 18.2 Å². The van der Waals surface area contributed by atoms with Crippen LogP contribution in [0.25, 0.3) is 0 Å². The zero-order chi connectivity index (χ0) is 14.7. The van der Waals surface area contributed by atoms with Gasteiger partial charge in [-0.15, -0.1) is 0 Å². The van der Waals surface area contributed by atoms with Crippen molar-refractivity contribution in [2.75, 3.05) is 12.3 Å². The molecule has 2 unspecified atom stereocenters. The van der Waals surface area contributed by atoms with Crippen molar-refractivity contribution in [3.63, 3.8) is 0 Å². The van der Waals surface area contributed by atoms with E-state index in [9.17, 15) is 14.7 Å². The maximum atomic E-state index is 12.2. The first-order valence-electron chi connectivity index (χ1n) is 6.68. The summed E-state index contributed by atoms with van der Waals surface area (Å²) < 4.78 is 5.02. The van der Waals surface area contributed by atoms with Crippen molar-refractivity contribution in [3.8, 4) is 0 Å². The molecule has 1 aliphatic rings. The van der Waals surface area contributed by atoms with Gasteiger partial charge in [0.15, 0.2) is 0 Å². The fourth-order valence-electron chi connectivity index (χ4n) is 2.65. The van der Waals surface area contributed by atoms with Crippen molar-refractivity contribution in [1.82, 2.24) is 4.90 Å². The van der Waals surface area contributed by atoms with Gasteiger partial charge in [0.2, 0.25) is 5.91 Å². The number of carbonyl (C=O) groups is 2. The summed E-state index contributed by atoms with van der Waals surface area (Å²) in [6, 6.07) is 1.15. The van der Waals surface area contributed by atoms with Crippen LogP contribution in [-0.2, 0) is 16.0 Å². The second kappa shape index (κ2) is 6.35. The fourth-order valence-corrected chi connectivity index (χ4v) is 2.81. The van der Waals surface area contributed by atoms with Crippen LogP contribution in [0.4, 0.5) is 0 Å². The average Bonchev–Trinajstić information content (AvgIpc) is 3.06. The highest BCUT2D eigenvalue weighted by Gasteiger charge is 2.40.